The van der Waals surface area contributed by atoms with Crippen LogP contribution in [-0.2, 0) is 0 Å². The molecule has 30 heavy (non-hydrogen) atoms. The van der Waals surface area contributed by atoms with Crippen LogP contribution in [0, 0.1) is 17.8 Å². The zero-order valence-electron chi connectivity index (χ0n) is 21.5. The molecule has 0 bridgehead atoms. The monoisotopic (exact) mass is 418 g/mol. The smallest absolute Gasteiger partial charge is 0.00886 e. The summed E-state index contributed by atoms with van der Waals surface area (Å²) in [6.45, 7) is 7.02. The Bertz CT molecular complexity index is 358. The van der Waals surface area contributed by atoms with E-state index in [1.165, 1.54) is 141 Å². The van der Waals surface area contributed by atoms with Gasteiger partial charge < -0.3 is 0 Å². The van der Waals surface area contributed by atoms with Crippen molar-refractivity contribution in [2.75, 3.05) is 0 Å². The second kappa shape index (κ2) is 26.6. The SMILES string of the molecule is CCCCCC#CCCCCC(C)CCCCCCCCCCCCCCCCC. The summed E-state index contributed by atoms with van der Waals surface area (Å²) in [6.07, 6.45) is 33.7. The molecule has 0 saturated heterocycles. The van der Waals surface area contributed by atoms with E-state index in [1.807, 2.05) is 0 Å². The van der Waals surface area contributed by atoms with E-state index < -0.39 is 0 Å². The maximum absolute atomic E-state index is 3.37. The second-order valence-corrected chi connectivity index (χ2v) is 9.90. The molecule has 0 heteroatoms. The van der Waals surface area contributed by atoms with E-state index in [4.69, 9.17) is 0 Å². The maximum Gasteiger partial charge on any atom is 0.00886 e. The lowest BCUT2D eigenvalue weighted by molar-refractivity contribution is 0.438. The summed E-state index contributed by atoms with van der Waals surface area (Å²) < 4.78 is 0. The molecule has 0 spiro atoms. The fourth-order valence-electron chi connectivity index (χ4n) is 4.35. The third kappa shape index (κ3) is 25.6. The van der Waals surface area contributed by atoms with Crippen LogP contribution in [0.25, 0.3) is 0 Å². The van der Waals surface area contributed by atoms with Gasteiger partial charge in [-0.3, -0.25) is 0 Å². The molecule has 0 radical (unpaired) electrons. The normalized spacial score (nSPS) is 12.0. The van der Waals surface area contributed by atoms with Crippen LogP contribution in [0.5, 0.6) is 0 Å². The van der Waals surface area contributed by atoms with Gasteiger partial charge in [-0.05, 0) is 18.8 Å². The van der Waals surface area contributed by atoms with Crippen molar-refractivity contribution >= 4 is 0 Å². The molecule has 1 unspecified atom stereocenters. The van der Waals surface area contributed by atoms with Gasteiger partial charge in [0.2, 0.25) is 0 Å². The molecule has 0 amide bonds. The first kappa shape index (κ1) is 29.6. The Balaban J connectivity index is 3.18. The first-order valence-corrected chi connectivity index (χ1v) is 14.3. The Hall–Kier alpha value is -0.440. The van der Waals surface area contributed by atoms with Crippen LogP contribution in [0.2, 0.25) is 0 Å². The molecule has 0 saturated carbocycles. The van der Waals surface area contributed by atoms with Gasteiger partial charge in [0.1, 0.15) is 0 Å². The molecule has 0 aliphatic heterocycles. The van der Waals surface area contributed by atoms with Crippen LogP contribution in [-0.4, -0.2) is 0 Å². The summed E-state index contributed by atoms with van der Waals surface area (Å²) in [4.78, 5) is 0. The van der Waals surface area contributed by atoms with Gasteiger partial charge in [-0.15, -0.1) is 11.8 Å². The van der Waals surface area contributed by atoms with Crippen molar-refractivity contribution in [2.24, 2.45) is 5.92 Å². The van der Waals surface area contributed by atoms with Crippen molar-refractivity contribution in [1.29, 1.82) is 0 Å². The predicted octanol–water partition coefficient (Wildman–Crippen LogP) is 11.0. The minimum absolute atomic E-state index is 0.921. The van der Waals surface area contributed by atoms with E-state index >= 15 is 0 Å². The van der Waals surface area contributed by atoms with Crippen molar-refractivity contribution in [1.82, 2.24) is 0 Å². The van der Waals surface area contributed by atoms with Gasteiger partial charge in [-0.1, -0.05) is 149 Å². The van der Waals surface area contributed by atoms with Gasteiger partial charge in [0.05, 0.1) is 0 Å². The number of unbranched alkanes of at least 4 members (excludes halogenated alkanes) is 19. The molecule has 0 fully saturated rings. The van der Waals surface area contributed by atoms with E-state index in [1.54, 1.807) is 0 Å². The summed E-state index contributed by atoms with van der Waals surface area (Å²) in [6, 6.07) is 0. The summed E-state index contributed by atoms with van der Waals surface area (Å²) in [5.41, 5.74) is 0. The van der Waals surface area contributed by atoms with E-state index in [9.17, 15) is 0 Å². The Kier molecular flexibility index (Phi) is 26.2. The van der Waals surface area contributed by atoms with E-state index in [0.717, 1.165) is 18.8 Å². The molecule has 0 rings (SSSR count). The number of hydrogen-bond donors (Lipinski definition) is 0. The first-order valence-electron chi connectivity index (χ1n) is 14.3. The fourth-order valence-corrected chi connectivity index (χ4v) is 4.35. The number of hydrogen-bond acceptors (Lipinski definition) is 0. The van der Waals surface area contributed by atoms with Gasteiger partial charge >= 0.3 is 0 Å². The quantitative estimate of drug-likeness (QED) is 0.114. The number of rotatable bonds is 23. The third-order valence-corrected chi connectivity index (χ3v) is 6.58. The third-order valence-electron chi connectivity index (χ3n) is 6.58. The average molecular weight is 419 g/mol. The van der Waals surface area contributed by atoms with E-state index in [-0.39, 0.29) is 0 Å². The zero-order valence-corrected chi connectivity index (χ0v) is 21.5. The van der Waals surface area contributed by atoms with Crippen LogP contribution >= 0.6 is 0 Å². The highest BCUT2D eigenvalue weighted by Gasteiger charge is 2.02. The Labute approximate surface area is 192 Å². The molecule has 0 aliphatic carbocycles. The van der Waals surface area contributed by atoms with Gasteiger partial charge in [0.25, 0.3) is 0 Å². The molecule has 0 nitrogen and oxygen atoms in total. The molecule has 0 aliphatic rings. The zero-order chi connectivity index (χ0) is 22.0. The summed E-state index contributed by atoms with van der Waals surface area (Å²) in [5, 5.41) is 0. The van der Waals surface area contributed by atoms with Crippen LogP contribution in [0.1, 0.15) is 175 Å². The lowest BCUT2D eigenvalue weighted by atomic mass is 9.96. The molecule has 1 atom stereocenters. The molecule has 0 heterocycles. The Morgan fingerprint density at radius 1 is 0.400 bits per heavy atom. The molecule has 0 aromatic rings. The highest BCUT2D eigenvalue weighted by atomic mass is 14.1. The highest BCUT2D eigenvalue weighted by Crippen LogP contribution is 2.18. The highest BCUT2D eigenvalue weighted by molar-refractivity contribution is 4.98. The average Bonchev–Trinajstić information content (AvgIpc) is 2.75. The van der Waals surface area contributed by atoms with Crippen LogP contribution in [0.3, 0.4) is 0 Å². The minimum Gasteiger partial charge on any atom is -0.103 e. The molecule has 178 valence electrons. The molecule has 0 aromatic carbocycles. The van der Waals surface area contributed by atoms with E-state index in [0.29, 0.717) is 0 Å². The standard InChI is InChI=1S/C30H58/c1-4-6-8-10-12-14-15-16-17-18-19-21-23-25-27-29-30(3)28-26-24-22-20-13-11-9-7-5-2/h30H,4-12,14-19,21-29H2,1-3H3. The van der Waals surface area contributed by atoms with Crippen molar-refractivity contribution < 1.29 is 0 Å². The summed E-state index contributed by atoms with van der Waals surface area (Å²) in [5.74, 6) is 7.63. The van der Waals surface area contributed by atoms with E-state index in [2.05, 4.69) is 32.6 Å². The van der Waals surface area contributed by atoms with Crippen LogP contribution < -0.4 is 0 Å². The summed E-state index contributed by atoms with van der Waals surface area (Å²) >= 11 is 0. The van der Waals surface area contributed by atoms with Gasteiger partial charge in [-0.25, -0.2) is 0 Å². The van der Waals surface area contributed by atoms with Crippen molar-refractivity contribution in [3.05, 3.63) is 0 Å². The second-order valence-electron chi connectivity index (χ2n) is 9.90. The molecular weight excluding hydrogens is 360 g/mol. The topological polar surface area (TPSA) is 0 Å². The first-order chi connectivity index (χ1) is 14.8. The van der Waals surface area contributed by atoms with Crippen molar-refractivity contribution in [3.63, 3.8) is 0 Å². The largest absolute Gasteiger partial charge is 0.103 e. The molecule has 0 aromatic heterocycles. The fraction of sp³-hybridized carbons (Fsp3) is 0.933. The lowest BCUT2D eigenvalue weighted by Gasteiger charge is -2.10. The van der Waals surface area contributed by atoms with Gasteiger partial charge in [0, 0.05) is 12.8 Å². The minimum atomic E-state index is 0.921. The predicted molar refractivity (Wildman–Crippen MR) is 139 cm³/mol. The van der Waals surface area contributed by atoms with Gasteiger partial charge in [-0.2, -0.15) is 0 Å². The van der Waals surface area contributed by atoms with Gasteiger partial charge in [0.15, 0.2) is 0 Å². The van der Waals surface area contributed by atoms with Crippen LogP contribution in [0.15, 0.2) is 0 Å². The summed E-state index contributed by atoms with van der Waals surface area (Å²) in [7, 11) is 0. The lowest BCUT2D eigenvalue weighted by Crippen LogP contribution is -1.95. The van der Waals surface area contributed by atoms with Crippen molar-refractivity contribution in [2.45, 2.75) is 175 Å². The molecule has 0 N–H and O–H groups in total. The van der Waals surface area contributed by atoms with Crippen LogP contribution in [0.4, 0.5) is 0 Å². The Morgan fingerprint density at radius 2 is 0.700 bits per heavy atom. The van der Waals surface area contributed by atoms with Crippen molar-refractivity contribution in [3.8, 4) is 11.8 Å². The molecular formula is C30H58. The Morgan fingerprint density at radius 3 is 1.13 bits per heavy atom. The maximum atomic E-state index is 3.37.